The number of benzene rings is 2. The number of sulfone groups is 1. The van der Waals surface area contributed by atoms with Gasteiger partial charge in [-0.25, -0.2) is 8.42 Å². The molecular formula is C24H28ClN3O3S2. The molecule has 2 fully saturated rings. The fourth-order valence-electron chi connectivity index (χ4n) is 4.46. The van der Waals surface area contributed by atoms with Crippen molar-refractivity contribution in [3.63, 3.8) is 0 Å². The van der Waals surface area contributed by atoms with Crippen LogP contribution in [0.2, 0.25) is 5.02 Å². The van der Waals surface area contributed by atoms with Gasteiger partial charge < -0.3 is 9.80 Å². The number of hydrogen-bond donors (Lipinski definition) is 0. The minimum Gasteiger partial charge on any atom is -0.372 e. The van der Waals surface area contributed by atoms with Crippen LogP contribution in [-0.2, 0) is 21.1 Å². The predicted molar refractivity (Wildman–Crippen MR) is 139 cm³/mol. The zero-order valence-corrected chi connectivity index (χ0v) is 21.4. The summed E-state index contributed by atoms with van der Waals surface area (Å²) in [6.07, 6.45) is 0.169. The van der Waals surface area contributed by atoms with E-state index in [1.54, 1.807) is 12.1 Å². The van der Waals surface area contributed by atoms with Gasteiger partial charge in [-0.1, -0.05) is 35.5 Å². The van der Waals surface area contributed by atoms with Gasteiger partial charge in [0.15, 0.2) is 15.0 Å². The molecule has 2 aliphatic rings. The third-order valence-electron chi connectivity index (χ3n) is 6.12. The highest BCUT2D eigenvalue weighted by molar-refractivity contribution is 8.16. The summed E-state index contributed by atoms with van der Waals surface area (Å²) >= 11 is 7.34. The Morgan fingerprint density at radius 2 is 1.85 bits per heavy atom. The number of thioether (sulfide) groups is 1. The Morgan fingerprint density at radius 3 is 2.48 bits per heavy atom. The fraction of sp³-hybridized carbons (Fsp3) is 0.417. The standard InChI is InChI=1S/C24H28ClN3O3S2/c1-4-27(5-2)19-10-11-20(16(3)12-19)28-21-14-33(30,31)15-22(21)32-24(28)26-23(29)13-17-6-8-18(25)9-7-17/h6-12,21-22H,4-5,13-15H2,1-3H3/t21-,22-/m0/s1. The zero-order valence-electron chi connectivity index (χ0n) is 19.0. The molecule has 0 aliphatic carbocycles. The van der Waals surface area contributed by atoms with Crippen LogP contribution in [0.25, 0.3) is 0 Å². The van der Waals surface area contributed by atoms with Gasteiger partial charge in [0.1, 0.15) is 0 Å². The van der Waals surface area contributed by atoms with E-state index in [4.69, 9.17) is 11.6 Å². The van der Waals surface area contributed by atoms with Crippen LogP contribution in [0, 0.1) is 6.92 Å². The second kappa shape index (κ2) is 9.68. The van der Waals surface area contributed by atoms with Gasteiger partial charge in [-0.05, 0) is 62.2 Å². The van der Waals surface area contributed by atoms with Gasteiger partial charge >= 0.3 is 0 Å². The van der Waals surface area contributed by atoms with Crippen LogP contribution in [0.3, 0.4) is 0 Å². The SMILES string of the molecule is CCN(CC)c1ccc(N2C(=NC(=O)Cc3ccc(Cl)cc3)S[C@H]3CS(=O)(=O)C[C@@H]32)c(C)c1. The topological polar surface area (TPSA) is 70.0 Å². The van der Waals surface area contributed by atoms with Crippen LogP contribution in [0.15, 0.2) is 47.5 Å². The molecule has 0 radical (unpaired) electrons. The Balaban J connectivity index is 1.66. The molecule has 0 aromatic heterocycles. The van der Waals surface area contributed by atoms with Crippen LogP contribution < -0.4 is 9.80 Å². The van der Waals surface area contributed by atoms with Gasteiger partial charge in [-0.2, -0.15) is 4.99 Å². The first-order valence-corrected chi connectivity index (χ1v) is 14.2. The maximum Gasteiger partial charge on any atom is 0.252 e. The van der Waals surface area contributed by atoms with E-state index in [-0.39, 0.29) is 35.1 Å². The number of hydrogen-bond acceptors (Lipinski definition) is 5. The van der Waals surface area contributed by atoms with Crippen molar-refractivity contribution in [2.75, 3.05) is 34.4 Å². The van der Waals surface area contributed by atoms with Crippen molar-refractivity contribution in [2.45, 2.75) is 38.5 Å². The van der Waals surface area contributed by atoms with Crippen molar-refractivity contribution in [1.29, 1.82) is 0 Å². The highest BCUT2D eigenvalue weighted by Crippen LogP contribution is 2.42. The summed E-state index contributed by atoms with van der Waals surface area (Å²) in [5.74, 6) is -0.0726. The third-order valence-corrected chi connectivity index (χ3v) is 9.59. The zero-order chi connectivity index (χ0) is 23.8. The van der Waals surface area contributed by atoms with Gasteiger partial charge in [-0.15, -0.1) is 0 Å². The van der Waals surface area contributed by atoms with Gasteiger partial charge in [0, 0.05) is 34.7 Å². The van der Waals surface area contributed by atoms with Crippen molar-refractivity contribution in [3.8, 4) is 0 Å². The number of carbonyl (C=O) groups excluding carboxylic acids is 1. The number of aliphatic imine (C=N–C) groups is 1. The summed E-state index contributed by atoms with van der Waals surface area (Å²) in [7, 11) is -3.12. The summed E-state index contributed by atoms with van der Waals surface area (Å²) in [6, 6.07) is 13.1. The first-order valence-electron chi connectivity index (χ1n) is 11.1. The van der Waals surface area contributed by atoms with Crippen molar-refractivity contribution in [1.82, 2.24) is 0 Å². The lowest BCUT2D eigenvalue weighted by Gasteiger charge is -2.28. The monoisotopic (exact) mass is 505 g/mol. The number of halogens is 1. The van der Waals surface area contributed by atoms with E-state index in [0.717, 1.165) is 35.6 Å². The Kier molecular flexibility index (Phi) is 7.07. The number of nitrogens with zero attached hydrogens (tertiary/aromatic N) is 3. The second-order valence-corrected chi connectivity index (χ2v) is 12.2. The van der Waals surface area contributed by atoms with Crippen LogP contribution in [-0.4, -0.2) is 55.4 Å². The summed E-state index contributed by atoms with van der Waals surface area (Å²) in [5, 5.41) is 1.07. The van der Waals surface area contributed by atoms with Crippen LogP contribution in [0.5, 0.6) is 0 Å². The molecule has 2 aromatic rings. The number of amidine groups is 1. The van der Waals surface area contributed by atoms with Crippen molar-refractivity contribution >= 4 is 55.6 Å². The maximum atomic E-state index is 12.8. The highest BCUT2D eigenvalue weighted by atomic mass is 35.5. The van der Waals surface area contributed by atoms with Crippen molar-refractivity contribution in [2.24, 2.45) is 4.99 Å². The Labute approximate surface area is 204 Å². The molecule has 2 aromatic carbocycles. The lowest BCUT2D eigenvalue weighted by Crippen LogP contribution is -2.38. The fourth-order valence-corrected chi connectivity index (χ4v) is 8.51. The van der Waals surface area contributed by atoms with E-state index in [0.29, 0.717) is 10.2 Å². The molecule has 2 saturated heterocycles. The summed E-state index contributed by atoms with van der Waals surface area (Å²) in [4.78, 5) is 21.5. The number of anilines is 2. The average Bonchev–Trinajstić information content (AvgIpc) is 3.22. The Hall–Kier alpha value is -2.03. The Morgan fingerprint density at radius 1 is 1.15 bits per heavy atom. The number of aryl methyl sites for hydroxylation is 1. The van der Waals surface area contributed by atoms with Gasteiger partial charge in [0.2, 0.25) is 0 Å². The number of amides is 1. The summed E-state index contributed by atoms with van der Waals surface area (Å²) < 4.78 is 24.7. The molecule has 0 N–H and O–H groups in total. The van der Waals surface area contributed by atoms with E-state index in [1.165, 1.54) is 11.8 Å². The molecular weight excluding hydrogens is 478 g/mol. The van der Waals surface area contributed by atoms with Gasteiger partial charge in [0.05, 0.1) is 24.0 Å². The lowest BCUT2D eigenvalue weighted by atomic mass is 10.1. The van der Waals surface area contributed by atoms with Crippen LogP contribution >= 0.6 is 23.4 Å². The quantitative estimate of drug-likeness (QED) is 0.581. The molecule has 33 heavy (non-hydrogen) atoms. The van der Waals surface area contributed by atoms with Crippen LogP contribution in [0.1, 0.15) is 25.0 Å². The average molecular weight is 506 g/mol. The highest BCUT2D eigenvalue weighted by Gasteiger charge is 2.49. The summed E-state index contributed by atoms with van der Waals surface area (Å²) in [5.41, 5.74) is 3.90. The van der Waals surface area contributed by atoms with E-state index >= 15 is 0 Å². The lowest BCUT2D eigenvalue weighted by molar-refractivity contribution is -0.117. The van der Waals surface area contributed by atoms with Crippen molar-refractivity contribution in [3.05, 3.63) is 58.6 Å². The van der Waals surface area contributed by atoms with Gasteiger partial charge in [-0.3, -0.25) is 4.79 Å². The third kappa shape index (κ3) is 5.23. The molecule has 1 amide bonds. The van der Waals surface area contributed by atoms with E-state index in [1.807, 2.05) is 30.0 Å². The Bertz CT molecular complexity index is 1180. The maximum absolute atomic E-state index is 12.8. The van der Waals surface area contributed by atoms with Gasteiger partial charge in [0.25, 0.3) is 5.91 Å². The number of carbonyl (C=O) groups is 1. The van der Waals surface area contributed by atoms with E-state index in [9.17, 15) is 13.2 Å². The van der Waals surface area contributed by atoms with Crippen molar-refractivity contribution < 1.29 is 13.2 Å². The molecule has 0 unspecified atom stereocenters. The molecule has 2 heterocycles. The van der Waals surface area contributed by atoms with Crippen LogP contribution in [0.4, 0.5) is 11.4 Å². The number of rotatable bonds is 6. The first-order chi connectivity index (χ1) is 15.7. The first kappa shape index (κ1) is 24.1. The molecule has 2 aliphatic heterocycles. The molecule has 0 spiro atoms. The largest absolute Gasteiger partial charge is 0.372 e. The van der Waals surface area contributed by atoms with E-state index < -0.39 is 9.84 Å². The molecule has 176 valence electrons. The molecule has 0 bridgehead atoms. The predicted octanol–water partition coefficient (Wildman–Crippen LogP) is 4.34. The molecule has 2 atom stereocenters. The minimum atomic E-state index is -3.12. The smallest absolute Gasteiger partial charge is 0.252 e. The molecule has 6 nitrogen and oxygen atoms in total. The molecule has 0 saturated carbocycles. The minimum absolute atomic E-state index is 0.0757. The summed E-state index contributed by atoms with van der Waals surface area (Å²) in [6.45, 7) is 8.08. The normalized spacial score (nSPS) is 22.5. The second-order valence-electron chi connectivity index (χ2n) is 8.40. The van der Waals surface area contributed by atoms with E-state index in [2.05, 4.69) is 35.9 Å². The molecule has 9 heteroatoms. The number of fused-ring (bicyclic) bond motifs is 1. The molecule has 4 rings (SSSR count).